The van der Waals surface area contributed by atoms with E-state index < -0.39 is 0 Å². The topological polar surface area (TPSA) is 66.9 Å². The molecule has 2 aromatic carbocycles. The Bertz CT molecular complexity index is 933. The lowest BCUT2D eigenvalue weighted by atomic mass is 10.1. The van der Waals surface area contributed by atoms with Gasteiger partial charge < -0.3 is 10.6 Å². The zero-order chi connectivity index (χ0) is 19.1. The molecule has 0 saturated heterocycles. The normalized spacial score (nSPS) is 10.4. The summed E-state index contributed by atoms with van der Waals surface area (Å²) < 4.78 is 27.2. The second kappa shape index (κ2) is 8.84. The Hall–Kier alpha value is -3.35. The molecule has 3 rings (SSSR count). The molecule has 0 saturated carbocycles. The Morgan fingerprint density at radius 2 is 1.59 bits per heavy atom. The fourth-order valence-corrected chi connectivity index (χ4v) is 2.49. The van der Waals surface area contributed by atoms with Gasteiger partial charge in [-0.15, -0.1) is 0 Å². The van der Waals surface area contributed by atoms with Crippen LogP contribution in [0.5, 0.6) is 0 Å². The number of nitrogens with one attached hydrogen (secondary N) is 2. The SMILES string of the molecule is O=C(NCCc1ccccc1F)c1ccnc(NCc2ccccc2F)n1. The maximum atomic E-state index is 13.6. The molecule has 5 nitrogen and oxygen atoms in total. The molecule has 0 bridgehead atoms. The second-order valence-electron chi connectivity index (χ2n) is 5.81. The van der Waals surface area contributed by atoms with Gasteiger partial charge in [0.1, 0.15) is 17.3 Å². The first-order valence-electron chi connectivity index (χ1n) is 8.45. The van der Waals surface area contributed by atoms with Crippen LogP contribution in [0.15, 0.2) is 60.8 Å². The summed E-state index contributed by atoms with van der Waals surface area (Å²) in [6.45, 7) is 0.479. The number of rotatable bonds is 7. The van der Waals surface area contributed by atoms with Crippen molar-refractivity contribution in [3.8, 4) is 0 Å². The van der Waals surface area contributed by atoms with E-state index in [0.717, 1.165) is 0 Å². The molecule has 0 radical (unpaired) electrons. The van der Waals surface area contributed by atoms with Crippen molar-refractivity contribution in [2.24, 2.45) is 0 Å². The molecule has 0 aliphatic heterocycles. The molecule has 27 heavy (non-hydrogen) atoms. The number of nitrogens with zero attached hydrogens (tertiary/aromatic N) is 2. The number of carbonyl (C=O) groups is 1. The molecular formula is C20H18F2N4O. The Kier molecular flexibility index (Phi) is 6.04. The highest BCUT2D eigenvalue weighted by Gasteiger charge is 2.09. The highest BCUT2D eigenvalue weighted by atomic mass is 19.1. The summed E-state index contributed by atoms with van der Waals surface area (Å²) in [6.07, 6.45) is 1.82. The van der Waals surface area contributed by atoms with Crippen molar-refractivity contribution in [3.05, 3.63) is 89.2 Å². The van der Waals surface area contributed by atoms with Crippen LogP contribution in [-0.2, 0) is 13.0 Å². The standard InChI is InChI=1S/C20H18F2N4O/c21-16-7-3-1-5-14(16)9-11-23-19(27)18-10-12-24-20(26-18)25-13-15-6-2-4-8-17(15)22/h1-8,10,12H,9,11,13H2,(H,23,27)(H,24,25,26). The fourth-order valence-electron chi connectivity index (χ4n) is 2.49. The average Bonchev–Trinajstić information content (AvgIpc) is 2.69. The van der Waals surface area contributed by atoms with Crippen molar-refractivity contribution in [1.82, 2.24) is 15.3 Å². The van der Waals surface area contributed by atoms with Gasteiger partial charge in [-0.05, 0) is 30.2 Å². The van der Waals surface area contributed by atoms with E-state index in [4.69, 9.17) is 0 Å². The van der Waals surface area contributed by atoms with Crippen LogP contribution in [0.2, 0.25) is 0 Å². The third-order valence-corrected chi connectivity index (χ3v) is 3.92. The van der Waals surface area contributed by atoms with Gasteiger partial charge >= 0.3 is 0 Å². The lowest BCUT2D eigenvalue weighted by molar-refractivity contribution is 0.0949. The first kappa shape index (κ1) is 18.4. The number of halogens is 2. The molecule has 138 valence electrons. The van der Waals surface area contributed by atoms with Crippen LogP contribution in [-0.4, -0.2) is 22.4 Å². The molecule has 0 spiro atoms. The molecule has 0 atom stereocenters. The zero-order valence-electron chi connectivity index (χ0n) is 14.5. The molecule has 0 fully saturated rings. The highest BCUT2D eigenvalue weighted by molar-refractivity contribution is 5.92. The third kappa shape index (κ3) is 5.07. The summed E-state index contributed by atoms with van der Waals surface area (Å²) in [4.78, 5) is 20.4. The molecule has 0 aliphatic rings. The van der Waals surface area contributed by atoms with Crippen molar-refractivity contribution in [3.63, 3.8) is 0 Å². The number of aromatic nitrogens is 2. The highest BCUT2D eigenvalue weighted by Crippen LogP contribution is 2.09. The number of hydrogen-bond donors (Lipinski definition) is 2. The van der Waals surface area contributed by atoms with Gasteiger partial charge in [-0.1, -0.05) is 36.4 Å². The van der Waals surface area contributed by atoms with Gasteiger partial charge in [-0.25, -0.2) is 18.7 Å². The van der Waals surface area contributed by atoms with Crippen molar-refractivity contribution in [1.29, 1.82) is 0 Å². The van der Waals surface area contributed by atoms with Crippen molar-refractivity contribution < 1.29 is 13.6 Å². The predicted molar refractivity (Wildman–Crippen MR) is 98.2 cm³/mol. The lowest BCUT2D eigenvalue weighted by Gasteiger charge is -2.08. The van der Waals surface area contributed by atoms with Gasteiger partial charge in [0.05, 0.1) is 0 Å². The van der Waals surface area contributed by atoms with E-state index in [-0.39, 0.29) is 42.3 Å². The van der Waals surface area contributed by atoms with E-state index in [1.54, 1.807) is 36.4 Å². The third-order valence-electron chi connectivity index (χ3n) is 3.92. The van der Waals surface area contributed by atoms with E-state index in [9.17, 15) is 13.6 Å². The van der Waals surface area contributed by atoms with E-state index in [1.165, 1.54) is 24.4 Å². The molecule has 0 aliphatic carbocycles. The van der Waals surface area contributed by atoms with Gasteiger partial charge in [-0.3, -0.25) is 4.79 Å². The van der Waals surface area contributed by atoms with E-state index in [0.29, 0.717) is 17.5 Å². The maximum absolute atomic E-state index is 13.6. The molecule has 7 heteroatoms. The maximum Gasteiger partial charge on any atom is 0.270 e. The van der Waals surface area contributed by atoms with Crippen LogP contribution in [0.4, 0.5) is 14.7 Å². The summed E-state index contributed by atoms with van der Waals surface area (Å²) in [7, 11) is 0. The number of carbonyl (C=O) groups excluding carboxylic acids is 1. The quantitative estimate of drug-likeness (QED) is 0.671. The Morgan fingerprint density at radius 3 is 2.30 bits per heavy atom. The van der Waals surface area contributed by atoms with Gasteiger partial charge in [0.15, 0.2) is 0 Å². The molecule has 3 aromatic rings. The number of amides is 1. The van der Waals surface area contributed by atoms with Crippen molar-refractivity contribution in [2.75, 3.05) is 11.9 Å². The molecule has 1 amide bonds. The average molecular weight is 368 g/mol. The minimum absolute atomic E-state index is 0.176. The number of benzene rings is 2. The van der Waals surface area contributed by atoms with Crippen LogP contribution in [0.25, 0.3) is 0 Å². The van der Waals surface area contributed by atoms with E-state index in [1.807, 2.05) is 0 Å². The van der Waals surface area contributed by atoms with Gasteiger partial charge in [-0.2, -0.15) is 0 Å². The summed E-state index contributed by atoms with van der Waals surface area (Å²) in [6, 6.07) is 14.3. The van der Waals surface area contributed by atoms with Crippen LogP contribution >= 0.6 is 0 Å². The Balaban J connectivity index is 1.55. The van der Waals surface area contributed by atoms with Gasteiger partial charge in [0.2, 0.25) is 5.95 Å². The van der Waals surface area contributed by atoms with Crippen molar-refractivity contribution >= 4 is 11.9 Å². The monoisotopic (exact) mass is 368 g/mol. The molecule has 1 aromatic heterocycles. The molecular weight excluding hydrogens is 350 g/mol. The van der Waals surface area contributed by atoms with E-state index in [2.05, 4.69) is 20.6 Å². The first-order valence-corrected chi connectivity index (χ1v) is 8.45. The summed E-state index contributed by atoms with van der Waals surface area (Å²) >= 11 is 0. The van der Waals surface area contributed by atoms with Crippen molar-refractivity contribution in [2.45, 2.75) is 13.0 Å². The predicted octanol–water partition coefficient (Wildman–Crippen LogP) is 3.34. The fraction of sp³-hybridized carbons (Fsp3) is 0.150. The lowest BCUT2D eigenvalue weighted by Crippen LogP contribution is -2.27. The second-order valence-corrected chi connectivity index (χ2v) is 5.81. The minimum Gasteiger partial charge on any atom is -0.350 e. The largest absolute Gasteiger partial charge is 0.350 e. The minimum atomic E-state index is -0.386. The smallest absolute Gasteiger partial charge is 0.270 e. The number of anilines is 1. The van der Waals surface area contributed by atoms with Crippen LogP contribution in [0.3, 0.4) is 0 Å². The molecule has 0 unspecified atom stereocenters. The molecule has 2 N–H and O–H groups in total. The van der Waals surface area contributed by atoms with E-state index >= 15 is 0 Å². The van der Waals surface area contributed by atoms with Crippen LogP contribution < -0.4 is 10.6 Å². The summed E-state index contributed by atoms with van der Waals surface area (Å²) in [5.41, 5.74) is 1.18. The van der Waals surface area contributed by atoms with Gasteiger partial charge in [0, 0.05) is 24.8 Å². The summed E-state index contributed by atoms with van der Waals surface area (Å²) in [5.74, 6) is -0.789. The Morgan fingerprint density at radius 1 is 0.926 bits per heavy atom. The van der Waals surface area contributed by atoms with Crippen LogP contribution in [0.1, 0.15) is 21.6 Å². The van der Waals surface area contributed by atoms with Crippen LogP contribution in [0, 0.1) is 11.6 Å². The molecule has 1 heterocycles. The number of hydrogen-bond acceptors (Lipinski definition) is 4. The first-order chi connectivity index (χ1) is 13.1. The van der Waals surface area contributed by atoms with Gasteiger partial charge in [0.25, 0.3) is 5.91 Å². The zero-order valence-corrected chi connectivity index (χ0v) is 14.5. The Labute approximate surface area is 155 Å². The summed E-state index contributed by atoms with van der Waals surface area (Å²) in [5, 5.41) is 5.60.